The fraction of sp³-hybridized carbons (Fsp3) is 0.538. The van der Waals surface area contributed by atoms with E-state index < -0.39 is 0 Å². The van der Waals surface area contributed by atoms with Crippen molar-refractivity contribution in [1.82, 2.24) is 15.6 Å². The molecule has 1 rings (SSSR count). The molecule has 0 aromatic carbocycles. The minimum Gasteiger partial charge on any atom is -0.356 e. The van der Waals surface area contributed by atoms with Crippen molar-refractivity contribution in [2.24, 2.45) is 0 Å². The molecule has 0 unspecified atom stereocenters. The van der Waals surface area contributed by atoms with Crippen molar-refractivity contribution in [3.05, 3.63) is 30.1 Å². The van der Waals surface area contributed by atoms with Gasteiger partial charge in [0.25, 0.3) is 0 Å². The molecular formula is C13H23Cl2N3OS. The molecule has 0 bridgehead atoms. The minimum atomic E-state index is 0. The number of amides is 1. The van der Waals surface area contributed by atoms with Crippen LogP contribution in [0, 0.1) is 0 Å². The standard InChI is InChI=1S/C13H21N3OS.2ClH/c1-14-7-4-9-16-13(17)6-10-18-11-12-5-2-3-8-15-12;;/h2-3,5,8,14H,4,6-7,9-11H2,1H3,(H,16,17);2*1H. The van der Waals surface area contributed by atoms with E-state index in [2.05, 4.69) is 15.6 Å². The Bertz CT molecular complexity index is 342. The molecular weight excluding hydrogens is 317 g/mol. The Balaban J connectivity index is 0. The van der Waals surface area contributed by atoms with Crippen LogP contribution < -0.4 is 10.6 Å². The lowest BCUT2D eigenvalue weighted by Gasteiger charge is -2.04. The third kappa shape index (κ3) is 11.3. The summed E-state index contributed by atoms with van der Waals surface area (Å²) in [5, 5.41) is 5.96. The summed E-state index contributed by atoms with van der Waals surface area (Å²) >= 11 is 1.74. The van der Waals surface area contributed by atoms with Crippen LogP contribution >= 0.6 is 36.6 Å². The quantitative estimate of drug-likeness (QED) is 0.677. The van der Waals surface area contributed by atoms with Crippen LogP contribution in [0.4, 0.5) is 0 Å². The number of hydrogen-bond acceptors (Lipinski definition) is 4. The van der Waals surface area contributed by atoms with Gasteiger partial charge in [-0.1, -0.05) is 6.07 Å². The maximum atomic E-state index is 11.5. The highest BCUT2D eigenvalue weighted by molar-refractivity contribution is 7.98. The molecule has 0 saturated heterocycles. The van der Waals surface area contributed by atoms with E-state index >= 15 is 0 Å². The van der Waals surface area contributed by atoms with Crippen LogP contribution in [0.3, 0.4) is 0 Å². The van der Waals surface area contributed by atoms with E-state index in [4.69, 9.17) is 0 Å². The predicted octanol–water partition coefficient (Wildman–Crippen LogP) is 2.27. The van der Waals surface area contributed by atoms with Gasteiger partial charge in [0, 0.05) is 30.7 Å². The average molecular weight is 340 g/mol. The van der Waals surface area contributed by atoms with Crippen molar-refractivity contribution in [3.63, 3.8) is 0 Å². The molecule has 116 valence electrons. The van der Waals surface area contributed by atoms with E-state index in [9.17, 15) is 4.79 Å². The largest absolute Gasteiger partial charge is 0.356 e. The minimum absolute atomic E-state index is 0. The molecule has 0 saturated carbocycles. The third-order valence-corrected chi connectivity index (χ3v) is 3.37. The van der Waals surface area contributed by atoms with Crippen LogP contribution in [0.1, 0.15) is 18.5 Å². The van der Waals surface area contributed by atoms with Crippen molar-refractivity contribution in [2.45, 2.75) is 18.6 Å². The third-order valence-electron chi connectivity index (χ3n) is 2.38. The summed E-state index contributed by atoms with van der Waals surface area (Å²) in [6.07, 6.45) is 3.35. The van der Waals surface area contributed by atoms with E-state index in [1.807, 2.05) is 25.2 Å². The molecule has 0 aliphatic heterocycles. The second kappa shape index (κ2) is 14.9. The highest BCUT2D eigenvalue weighted by Crippen LogP contribution is 2.10. The Morgan fingerprint density at radius 2 is 2.10 bits per heavy atom. The molecule has 1 heterocycles. The Labute approximate surface area is 137 Å². The van der Waals surface area contributed by atoms with Crippen molar-refractivity contribution in [2.75, 3.05) is 25.9 Å². The first-order valence-electron chi connectivity index (χ1n) is 6.22. The smallest absolute Gasteiger partial charge is 0.220 e. The van der Waals surface area contributed by atoms with E-state index in [0.717, 1.165) is 36.7 Å². The highest BCUT2D eigenvalue weighted by Gasteiger charge is 2.00. The van der Waals surface area contributed by atoms with Crippen molar-refractivity contribution in [3.8, 4) is 0 Å². The maximum absolute atomic E-state index is 11.5. The van der Waals surface area contributed by atoms with Gasteiger partial charge in [-0.3, -0.25) is 9.78 Å². The van der Waals surface area contributed by atoms with Crippen LogP contribution in [0.15, 0.2) is 24.4 Å². The topological polar surface area (TPSA) is 54.0 Å². The number of thioether (sulfide) groups is 1. The number of carbonyl (C=O) groups is 1. The Morgan fingerprint density at radius 1 is 1.30 bits per heavy atom. The summed E-state index contributed by atoms with van der Waals surface area (Å²) in [7, 11) is 1.91. The van der Waals surface area contributed by atoms with Gasteiger partial charge in [0.15, 0.2) is 0 Å². The average Bonchev–Trinajstić information content (AvgIpc) is 2.41. The number of halogens is 2. The van der Waals surface area contributed by atoms with E-state index in [1.54, 1.807) is 18.0 Å². The van der Waals surface area contributed by atoms with E-state index in [0.29, 0.717) is 6.42 Å². The number of rotatable bonds is 9. The number of nitrogens with one attached hydrogen (secondary N) is 2. The first-order valence-corrected chi connectivity index (χ1v) is 7.37. The van der Waals surface area contributed by atoms with Crippen LogP contribution in [0.2, 0.25) is 0 Å². The summed E-state index contributed by atoms with van der Waals surface area (Å²) in [4.78, 5) is 15.7. The van der Waals surface area contributed by atoms with Gasteiger partial charge < -0.3 is 10.6 Å². The number of aromatic nitrogens is 1. The lowest BCUT2D eigenvalue weighted by Crippen LogP contribution is -2.26. The molecule has 0 spiro atoms. The fourth-order valence-electron chi connectivity index (χ4n) is 1.41. The molecule has 1 amide bonds. The molecule has 4 nitrogen and oxygen atoms in total. The van der Waals surface area contributed by atoms with Gasteiger partial charge in [0.1, 0.15) is 0 Å². The second-order valence-electron chi connectivity index (χ2n) is 3.93. The van der Waals surface area contributed by atoms with Gasteiger partial charge in [0.2, 0.25) is 5.91 Å². The molecule has 20 heavy (non-hydrogen) atoms. The Hall–Kier alpha value is -0.490. The maximum Gasteiger partial charge on any atom is 0.220 e. The van der Waals surface area contributed by atoms with Crippen LogP contribution in [0.25, 0.3) is 0 Å². The van der Waals surface area contributed by atoms with Crippen LogP contribution in [0.5, 0.6) is 0 Å². The van der Waals surface area contributed by atoms with Gasteiger partial charge in [0.05, 0.1) is 5.69 Å². The van der Waals surface area contributed by atoms with Crippen LogP contribution in [-0.4, -0.2) is 36.8 Å². The molecule has 0 atom stereocenters. The first kappa shape index (κ1) is 21.8. The van der Waals surface area contributed by atoms with Gasteiger partial charge in [-0.2, -0.15) is 11.8 Å². The zero-order chi connectivity index (χ0) is 13.1. The normalized spacial score (nSPS) is 9.25. The molecule has 0 aliphatic carbocycles. The van der Waals surface area contributed by atoms with Gasteiger partial charge >= 0.3 is 0 Å². The Kier molecular flexibility index (Phi) is 16.3. The summed E-state index contributed by atoms with van der Waals surface area (Å²) in [5.74, 6) is 1.85. The predicted molar refractivity (Wildman–Crippen MR) is 91.1 cm³/mol. The lowest BCUT2D eigenvalue weighted by atomic mass is 10.4. The zero-order valence-corrected chi connectivity index (χ0v) is 14.1. The van der Waals surface area contributed by atoms with Crippen molar-refractivity contribution < 1.29 is 4.79 Å². The fourth-order valence-corrected chi connectivity index (χ4v) is 2.26. The summed E-state index contributed by atoms with van der Waals surface area (Å²) in [6.45, 7) is 1.69. The van der Waals surface area contributed by atoms with Gasteiger partial charge in [-0.05, 0) is 32.1 Å². The van der Waals surface area contributed by atoms with Gasteiger partial charge in [-0.25, -0.2) is 0 Å². The molecule has 1 aromatic rings. The van der Waals surface area contributed by atoms with E-state index in [-0.39, 0.29) is 30.7 Å². The van der Waals surface area contributed by atoms with E-state index in [1.165, 1.54) is 0 Å². The first-order chi connectivity index (χ1) is 8.83. The van der Waals surface area contributed by atoms with Crippen molar-refractivity contribution in [1.29, 1.82) is 0 Å². The summed E-state index contributed by atoms with van der Waals surface area (Å²) < 4.78 is 0. The number of carbonyl (C=O) groups excluding carboxylic acids is 1. The second-order valence-corrected chi connectivity index (χ2v) is 5.04. The summed E-state index contributed by atoms with van der Waals surface area (Å²) in [5.41, 5.74) is 1.07. The summed E-state index contributed by atoms with van der Waals surface area (Å²) in [6, 6.07) is 5.90. The molecule has 2 N–H and O–H groups in total. The SMILES string of the molecule is CNCCCNC(=O)CCSCc1ccccn1.Cl.Cl. The highest BCUT2D eigenvalue weighted by atomic mass is 35.5. The molecule has 7 heteroatoms. The van der Waals surface area contributed by atoms with Gasteiger partial charge in [-0.15, -0.1) is 24.8 Å². The molecule has 1 aromatic heterocycles. The molecule has 0 aliphatic rings. The number of pyridine rings is 1. The molecule has 0 fully saturated rings. The zero-order valence-electron chi connectivity index (χ0n) is 11.6. The molecule has 0 radical (unpaired) electrons. The monoisotopic (exact) mass is 339 g/mol. The number of nitrogens with zero attached hydrogens (tertiary/aromatic N) is 1. The van der Waals surface area contributed by atoms with Crippen molar-refractivity contribution >= 4 is 42.5 Å². The lowest BCUT2D eigenvalue weighted by molar-refractivity contribution is -0.120. The number of hydrogen-bond donors (Lipinski definition) is 2. The van der Waals surface area contributed by atoms with Crippen LogP contribution in [-0.2, 0) is 10.5 Å². The Morgan fingerprint density at radius 3 is 2.75 bits per heavy atom.